The Bertz CT molecular complexity index is 763. The minimum absolute atomic E-state index is 0.0875. The summed E-state index contributed by atoms with van der Waals surface area (Å²) in [7, 11) is 0. The first-order valence-corrected chi connectivity index (χ1v) is 9.92. The molecule has 0 aromatic heterocycles. The fourth-order valence-electron chi connectivity index (χ4n) is 5.48. The number of aliphatic hydroxyl groups excluding tert-OH is 2. The summed E-state index contributed by atoms with van der Waals surface area (Å²) >= 11 is 0. The number of ketones is 2. The third-order valence-electron chi connectivity index (χ3n) is 7.37. The Kier molecular flexibility index (Phi) is 5.17. The molecular formula is C22H30O6. The van der Waals surface area contributed by atoms with Crippen molar-refractivity contribution in [2.75, 3.05) is 0 Å². The minimum Gasteiger partial charge on any atom is -0.462 e. The summed E-state index contributed by atoms with van der Waals surface area (Å²) in [6.07, 6.45) is 0.0306. The van der Waals surface area contributed by atoms with Gasteiger partial charge in [0.25, 0.3) is 0 Å². The SMILES string of the molecule is C=C1C(=O)C2=C[C@H]1CCC(=O)[C@]1(C)C(O)C[C@H](OC(C)=O)C(C)(C)[C@H]1C[C@H]2O. The number of carbonyl (C=O) groups is 3. The fourth-order valence-corrected chi connectivity index (χ4v) is 5.48. The molecule has 2 N–H and O–H groups in total. The zero-order chi connectivity index (χ0) is 21.0. The minimum atomic E-state index is -1.09. The van der Waals surface area contributed by atoms with Gasteiger partial charge in [0.2, 0.25) is 0 Å². The van der Waals surface area contributed by atoms with Crippen LogP contribution in [0, 0.1) is 22.7 Å². The molecule has 154 valence electrons. The summed E-state index contributed by atoms with van der Waals surface area (Å²) in [5.41, 5.74) is -1.03. The van der Waals surface area contributed by atoms with Crippen molar-refractivity contribution in [1.29, 1.82) is 0 Å². The van der Waals surface area contributed by atoms with Gasteiger partial charge in [-0.3, -0.25) is 14.4 Å². The average Bonchev–Trinajstić information content (AvgIpc) is 2.88. The quantitative estimate of drug-likeness (QED) is 0.525. The molecule has 6 nitrogen and oxygen atoms in total. The van der Waals surface area contributed by atoms with E-state index in [-0.39, 0.29) is 36.7 Å². The lowest BCUT2D eigenvalue weighted by molar-refractivity contribution is -0.194. The van der Waals surface area contributed by atoms with Crippen molar-refractivity contribution in [3.63, 3.8) is 0 Å². The Morgan fingerprint density at radius 3 is 2.46 bits per heavy atom. The van der Waals surface area contributed by atoms with Gasteiger partial charge in [0.15, 0.2) is 5.78 Å². The number of ether oxygens (including phenoxy) is 1. The zero-order valence-electron chi connectivity index (χ0n) is 17.0. The molecule has 28 heavy (non-hydrogen) atoms. The second-order valence-electron chi connectivity index (χ2n) is 9.30. The van der Waals surface area contributed by atoms with Crippen LogP contribution >= 0.6 is 0 Å². The molecule has 1 fully saturated rings. The average molecular weight is 390 g/mol. The standard InChI is InChI=1S/C22H30O6/c1-11-13-6-7-17(25)22(5)16(9-15(24)14(8-13)20(11)27)21(3,4)19(10-18(22)26)28-12(2)23/h8,13,15-16,18-19,24,26H,1,6-7,9-10H2,2-5H3/t13-,15-,16-,18?,19+,22-/m1/s1. The van der Waals surface area contributed by atoms with E-state index in [2.05, 4.69) is 6.58 Å². The molecule has 0 amide bonds. The predicted octanol–water partition coefficient (Wildman–Crippen LogP) is 2.13. The molecule has 0 aromatic carbocycles. The lowest BCUT2D eigenvalue weighted by Gasteiger charge is -2.56. The van der Waals surface area contributed by atoms with Gasteiger partial charge in [0, 0.05) is 36.7 Å². The molecule has 0 heterocycles. The summed E-state index contributed by atoms with van der Waals surface area (Å²) in [6, 6.07) is 0. The van der Waals surface area contributed by atoms with Crippen molar-refractivity contribution in [2.45, 2.75) is 71.7 Å². The molecule has 2 bridgehead atoms. The number of Topliss-reactive ketones (excluding diaryl/α,β-unsaturated/α-hetero) is 2. The Hall–Kier alpha value is -1.79. The van der Waals surface area contributed by atoms with E-state index in [1.54, 1.807) is 13.0 Å². The number of rotatable bonds is 1. The number of aliphatic hydroxyl groups is 2. The summed E-state index contributed by atoms with van der Waals surface area (Å²) in [6.45, 7) is 10.7. The molecule has 0 saturated heterocycles. The zero-order valence-corrected chi connectivity index (χ0v) is 17.0. The monoisotopic (exact) mass is 390 g/mol. The second-order valence-corrected chi connectivity index (χ2v) is 9.30. The normalized spacial score (nSPS) is 40.6. The molecule has 0 radical (unpaired) electrons. The molecule has 6 heteroatoms. The van der Waals surface area contributed by atoms with E-state index in [1.165, 1.54) is 6.92 Å². The van der Waals surface area contributed by atoms with Crippen LogP contribution in [0.2, 0.25) is 0 Å². The molecule has 6 atom stereocenters. The van der Waals surface area contributed by atoms with E-state index in [0.29, 0.717) is 17.6 Å². The summed E-state index contributed by atoms with van der Waals surface area (Å²) in [5.74, 6) is -1.51. The number of hydrogen-bond acceptors (Lipinski definition) is 6. The highest BCUT2D eigenvalue weighted by Crippen LogP contribution is 2.56. The van der Waals surface area contributed by atoms with E-state index in [0.717, 1.165) is 0 Å². The topological polar surface area (TPSA) is 101 Å². The lowest BCUT2D eigenvalue weighted by atomic mass is 9.50. The Morgan fingerprint density at radius 1 is 1.21 bits per heavy atom. The van der Waals surface area contributed by atoms with Gasteiger partial charge in [-0.2, -0.15) is 0 Å². The Balaban J connectivity index is 2.07. The van der Waals surface area contributed by atoms with E-state index >= 15 is 0 Å². The molecule has 3 aliphatic rings. The van der Waals surface area contributed by atoms with Gasteiger partial charge in [-0.25, -0.2) is 0 Å². The molecule has 0 aliphatic heterocycles. The summed E-state index contributed by atoms with van der Waals surface area (Å²) in [4.78, 5) is 37.5. The highest BCUT2D eigenvalue weighted by molar-refractivity contribution is 6.11. The van der Waals surface area contributed by atoms with E-state index in [1.807, 2.05) is 13.8 Å². The van der Waals surface area contributed by atoms with Crippen molar-refractivity contribution in [1.82, 2.24) is 0 Å². The van der Waals surface area contributed by atoms with Crippen LogP contribution in [-0.2, 0) is 19.1 Å². The van der Waals surface area contributed by atoms with E-state index in [9.17, 15) is 24.6 Å². The molecular weight excluding hydrogens is 360 g/mol. The lowest BCUT2D eigenvalue weighted by Crippen LogP contribution is -2.61. The van der Waals surface area contributed by atoms with E-state index < -0.39 is 41.0 Å². The molecule has 3 aliphatic carbocycles. The highest BCUT2D eigenvalue weighted by Gasteiger charge is 2.60. The van der Waals surface area contributed by atoms with Crippen molar-refractivity contribution in [2.24, 2.45) is 22.7 Å². The van der Waals surface area contributed by atoms with Crippen molar-refractivity contribution in [3.05, 3.63) is 23.8 Å². The van der Waals surface area contributed by atoms with Gasteiger partial charge in [0.05, 0.1) is 17.6 Å². The number of fused-ring (bicyclic) bond motifs is 2. The molecule has 0 aromatic rings. The number of carbonyl (C=O) groups excluding carboxylic acids is 3. The Morgan fingerprint density at radius 2 is 1.86 bits per heavy atom. The van der Waals surface area contributed by atoms with Gasteiger partial charge in [-0.05, 0) is 31.3 Å². The maximum Gasteiger partial charge on any atom is 0.302 e. The molecule has 1 unspecified atom stereocenters. The first-order chi connectivity index (χ1) is 12.9. The van der Waals surface area contributed by atoms with Crippen molar-refractivity contribution in [3.8, 4) is 0 Å². The smallest absolute Gasteiger partial charge is 0.302 e. The van der Waals surface area contributed by atoms with Crippen LogP contribution in [0.5, 0.6) is 0 Å². The Labute approximate surface area is 165 Å². The van der Waals surface area contributed by atoms with Crippen molar-refractivity contribution < 1.29 is 29.3 Å². The first kappa shape index (κ1) is 20.9. The number of allylic oxidation sites excluding steroid dienone is 2. The van der Waals surface area contributed by atoms with Crippen LogP contribution in [0.15, 0.2) is 23.8 Å². The summed E-state index contributed by atoms with van der Waals surface area (Å²) < 4.78 is 5.48. The van der Waals surface area contributed by atoms with Crippen molar-refractivity contribution >= 4 is 17.5 Å². The highest BCUT2D eigenvalue weighted by atomic mass is 16.5. The van der Waals surface area contributed by atoms with Crippen LogP contribution in [-0.4, -0.2) is 46.1 Å². The first-order valence-electron chi connectivity index (χ1n) is 9.92. The fraction of sp³-hybridized carbons (Fsp3) is 0.682. The largest absolute Gasteiger partial charge is 0.462 e. The van der Waals surface area contributed by atoms with E-state index in [4.69, 9.17) is 4.74 Å². The third-order valence-corrected chi connectivity index (χ3v) is 7.37. The second kappa shape index (κ2) is 6.92. The van der Waals surface area contributed by atoms with Crippen LogP contribution in [0.1, 0.15) is 53.4 Å². The van der Waals surface area contributed by atoms with Crippen LogP contribution < -0.4 is 0 Å². The number of esters is 1. The molecule has 1 saturated carbocycles. The number of hydrogen-bond donors (Lipinski definition) is 2. The van der Waals surface area contributed by atoms with Crippen LogP contribution in [0.3, 0.4) is 0 Å². The maximum absolute atomic E-state index is 13.3. The van der Waals surface area contributed by atoms with Gasteiger partial charge in [-0.1, -0.05) is 26.5 Å². The van der Waals surface area contributed by atoms with Crippen LogP contribution in [0.25, 0.3) is 0 Å². The van der Waals surface area contributed by atoms with Gasteiger partial charge >= 0.3 is 5.97 Å². The molecule has 3 rings (SSSR count). The van der Waals surface area contributed by atoms with Gasteiger partial charge in [0.1, 0.15) is 11.9 Å². The maximum atomic E-state index is 13.3. The van der Waals surface area contributed by atoms with Gasteiger partial charge < -0.3 is 14.9 Å². The third kappa shape index (κ3) is 3.07. The molecule has 0 spiro atoms. The summed E-state index contributed by atoms with van der Waals surface area (Å²) in [5, 5.41) is 21.9. The van der Waals surface area contributed by atoms with Crippen LogP contribution in [0.4, 0.5) is 0 Å². The predicted molar refractivity (Wildman–Crippen MR) is 102 cm³/mol. The van der Waals surface area contributed by atoms with Gasteiger partial charge in [-0.15, -0.1) is 0 Å².